The summed E-state index contributed by atoms with van der Waals surface area (Å²) in [5.74, 6) is 3.51. The van der Waals surface area contributed by atoms with Crippen molar-refractivity contribution in [1.29, 1.82) is 5.26 Å². The number of amides is 12. The maximum Gasteiger partial charge on any atom is 0.450 e. The number of carboxylic acids is 1. The van der Waals surface area contributed by atoms with Gasteiger partial charge in [-0.2, -0.15) is 111 Å². The van der Waals surface area contributed by atoms with Gasteiger partial charge in [0.1, 0.15) is 49.5 Å². The first kappa shape index (κ1) is 120. The first-order chi connectivity index (χ1) is 71.3. The first-order valence-electron chi connectivity index (χ1n) is 46.9. The summed E-state index contributed by atoms with van der Waals surface area (Å²) in [6.45, 7) is 17.9. The summed E-state index contributed by atoms with van der Waals surface area (Å²) >= 11 is 14.4. The van der Waals surface area contributed by atoms with Gasteiger partial charge in [0.15, 0.2) is 6.19 Å². The van der Waals surface area contributed by atoms with Crippen molar-refractivity contribution in [3.63, 3.8) is 0 Å². The van der Waals surface area contributed by atoms with Crippen LogP contribution >= 0.6 is 34.4 Å². The van der Waals surface area contributed by atoms with Crippen LogP contribution in [0, 0.1) is 11.5 Å². The molecule has 0 aliphatic carbocycles. The molecule has 12 aliphatic rings. The van der Waals surface area contributed by atoms with Gasteiger partial charge in [0.05, 0.1) is 62.4 Å². The van der Waals surface area contributed by atoms with Crippen molar-refractivity contribution in [2.75, 3.05) is 94.1 Å². The quantitative estimate of drug-likeness (QED) is 0.00243. The number of carbonyl (C=O) groups is 7. The molecule has 19 rings (SSSR count). The van der Waals surface area contributed by atoms with E-state index >= 15 is 0 Å². The van der Waals surface area contributed by atoms with E-state index in [1.54, 1.807) is 4.90 Å². The first-order valence-corrected chi connectivity index (χ1v) is 52.3. The van der Waals surface area contributed by atoms with Crippen LogP contribution in [0.15, 0.2) is 88.4 Å². The van der Waals surface area contributed by atoms with E-state index < -0.39 is 109 Å². The predicted molar refractivity (Wildman–Crippen MR) is 517 cm³/mol. The second kappa shape index (κ2) is 56.1. The number of aromatic nitrogens is 10. The van der Waals surface area contributed by atoms with Crippen molar-refractivity contribution < 1.29 is 143 Å². The van der Waals surface area contributed by atoms with E-state index in [1.807, 2.05) is 60.7 Å². The number of urea groups is 6. The topological polar surface area (TPSA) is 916 Å². The Morgan fingerprint density at radius 3 is 0.947 bits per heavy atom. The average molecular weight is 2240 g/mol. The monoisotopic (exact) mass is 2240 g/mol. The standard InChI is InChI=1S/C16H36N.C15H17N5O3.C14H16N2O4.3C8H11N5O6S.C8H11N5O3.CH5N3O.CH2N2.BCl3.H3NO/c1-5-9-13-17(14-10-6-2,15-11-7-3)16-12-8-4;16-14-17-13(23-18-14)12-7-6-11-8-19(12)15(21)20(11)22-9-10-4-2-1-3-5-10;17-13(18)12-7-6-11-8-15(12)14(19)16(11)20-9-10-4-2-1-3-5-10;3*9-7-10-6(18-11-7)5-2-1-4-3-12(5)8(14)13(4)19-20(15,16)17;9-7-10-6(16-11-7)5-2-1-4-3-12(5)8(14)13(4)15;2-1(3)4-5;2-1-3;2-1(3)4;1-2/h5-16H2,1-4H3;1-5,11-12H,6-9H2,(H2,16,18);1-5,11-12H,6-9H2,(H,17,18);3*4-5H,1-3H2,(H2,9,11)(H,15,16,17);4-5,15H,1-3H2,(H2,9,11);5H,(H4,2,3,4);2H2;;2H,1H2/q+1;;;;;;;;;;/p-1/t;2*11-,12+;4*4-,5+;;;;/m.111111..../s1. The van der Waals surface area contributed by atoms with E-state index in [-0.39, 0.29) is 115 Å². The number of fused-ring (bicyclic) bond motifs is 12. The molecule has 2 aromatic carbocycles. The lowest BCUT2D eigenvalue weighted by Gasteiger charge is -2.39. The number of quaternary nitrogens is 1. The summed E-state index contributed by atoms with van der Waals surface area (Å²) < 4.78 is 131. The Labute approximate surface area is 873 Å². The maximum atomic E-state index is 12.6. The minimum atomic E-state index is -5.00. The zero-order valence-electron chi connectivity index (χ0n) is 81.6. The number of carboxylic acid groups (broad SMARTS) is 1. The van der Waals surface area contributed by atoms with Crippen LogP contribution < -0.4 is 51.8 Å². The van der Waals surface area contributed by atoms with Gasteiger partial charge in [-0.3, -0.25) is 24.0 Å². The highest BCUT2D eigenvalue weighted by molar-refractivity contribution is 7.81. The van der Waals surface area contributed by atoms with Crippen molar-refractivity contribution in [2.45, 2.75) is 242 Å². The van der Waals surface area contributed by atoms with E-state index in [9.17, 15) is 68.6 Å². The van der Waals surface area contributed by atoms with E-state index in [1.165, 1.54) is 123 Å². The lowest BCUT2D eigenvalue weighted by atomic mass is 10.0. The second-order valence-corrected chi connectivity index (χ2v) is 39.9. The third-order valence-electron chi connectivity index (χ3n) is 25.0. The summed E-state index contributed by atoms with van der Waals surface area (Å²) in [5, 5.41) is 65.0. The fourth-order valence-electron chi connectivity index (χ4n) is 18.3. The largest absolute Gasteiger partial charge is 0.724 e. The molecule has 12 aliphatic heterocycles. The molecule has 7 aromatic rings. The number of guanidine groups is 1. The molecule has 24 N–H and O–H groups in total. The average Bonchev–Trinajstić information content (AvgIpc) is 1.64. The number of hydrogen-bond donors (Lipinski definition) is 15. The third-order valence-corrected chi connectivity index (χ3v) is 26.0. The lowest BCUT2D eigenvalue weighted by Crippen LogP contribution is -2.50. The predicted octanol–water partition coefficient (Wildman–Crippen LogP) is 4.92. The SMILES string of the molecule is CCCC[N+](CCCC)(CCCC)CCCC.ClB(Cl)Cl.N#CN.NC(N)=NO.NO.Nc1noc([C@@H]2CC[C@@H]3CN2C(=O)N3O)n1.Nc1noc([C@@H]2CC[C@@H]3CN2C(=O)N3OCc2ccccc2)n1.Nc1noc([C@@H]2CC[C@@H]3CN2C(=O)N3OS(=O)(=O)O)n1.Nc1noc([C@@H]2CC[C@@H]3CN2C(=O)N3OS(=O)(=O)O)n1.Nc1noc([C@@H]2CC[C@@H]3CN2C(=O)N3OS(=O)(=O)[O-])n1.O=C(O)[C@@H]1CC[C@@H]2CN1C(=O)N2OCc1ccccc1. The van der Waals surface area contributed by atoms with Crippen LogP contribution in [0.5, 0.6) is 0 Å². The number of anilines is 5. The van der Waals surface area contributed by atoms with Crippen molar-refractivity contribution >= 4 is 148 Å². The number of nitrogen functional groups attached to an aromatic ring is 5. The van der Waals surface area contributed by atoms with Gasteiger partial charge in [-0.05, 0) is 140 Å². The molecule has 71 heteroatoms. The Bertz CT molecular complexity index is 5650. The van der Waals surface area contributed by atoms with Crippen molar-refractivity contribution in [2.24, 2.45) is 28.3 Å². The number of nitrogens with zero attached hydrogens (tertiary/aromatic N) is 25. The van der Waals surface area contributed by atoms with Crippen molar-refractivity contribution in [3.8, 4) is 6.19 Å². The number of rotatable bonds is 30. The Kier molecular flexibility index (Phi) is 45.1. The molecule has 0 spiro atoms. The molecule has 150 heavy (non-hydrogen) atoms. The molecule has 0 radical (unpaired) electrons. The van der Waals surface area contributed by atoms with Crippen LogP contribution in [0.2, 0.25) is 0 Å². The fourth-order valence-corrected chi connectivity index (χ4v) is 19.4. The van der Waals surface area contributed by atoms with Gasteiger partial charge >= 0.3 is 67.9 Å². The summed E-state index contributed by atoms with van der Waals surface area (Å²) in [6, 6.07) is 12.1. The van der Waals surface area contributed by atoms with Crippen LogP contribution in [-0.2, 0) is 71.7 Å². The molecule has 5 aromatic heterocycles. The van der Waals surface area contributed by atoms with Crippen LogP contribution in [0.25, 0.3) is 0 Å². The van der Waals surface area contributed by atoms with Gasteiger partial charge in [-0.1, -0.05) is 119 Å². The summed E-state index contributed by atoms with van der Waals surface area (Å²) in [5.41, 5.74) is 42.2. The van der Waals surface area contributed by atoms with E-state index in [0.717, 1.165) is 29.0 Å². The Morgan fingerprint density at radius 2 is 0.693 bits per heavy atom. The number of hydroxylamine groups is 12. The van der Waals surface area contributed by atoms with Crippen LogP contribution in [0.4, 0.5) is 58.5 Å². The van der Waals surface area contributed by atoms with E-state index in [4.69, 9.17) is 125 Å². The molecule has 17 heterocycles. The molecule has 0 unspecified atom stereocenters. The molecule has 12 atom stereocenters. The Balaban J connectivity index is 0.000000190. The molecule has 64 nitrogen and oxygen atoms in total. The smallest absolute Gasteiger partial charge is 0.450 e. The molecule has 830 valence electrons. The van der Waals surface area contributed by atoms with Crippen LogP contribution in [0.3, 0.4) is 0 Å². The number of benzene rings is 2. The number of nitriles is 1. The highest BCUT2D eigenvalue weighted by Crippen LogP contribution is 2.44. The van der Waals surface area contributed by atoms with Crippen LogP contribution in [0.1, 0.15) is 227 Å². The number of hydrogen-bond acceptors (Lipinski definition) is 46. The highest BCUT2D eigenvalue weighted by atomic mass is 35.6. The van der Waals surface area contributed by atoms with E-state index in [2.05, 4.69) is 120 Å². The van der Waals surface area contributed by atoms with Gasteiger partial charge in [-0.15, -0.1) is 8.57 Å². The van der Waals surface area contributed by atoms with Crippen molar-refractivity contribution in [1.82, 2.24) is 110 Å². The third kappa shape index (κ3) is 33.4. The van der Waals surface area contributed by atoms with Crippen molar-refractivity contribution in [3.05, 3.63) is 101 Å². The molecule has 0 saturated carbocycles. The minimum Gasteiger partial charge on any atom is -0.724 e. The van der Waals surface area contributed by atoms with Crippen LogP contribution in [-0.4, -0.2) is 335 Å². The number of unbranched alkanes of at least 4 members (excludes halogenated alkanes) is 4. The molecule has 12 bridgehead atoms. The maximum absolute atomic E-state index is 12.6. The summed E-state index contributed by atoms with van der Waals surface area (Å²) in [4.78, 5) is 123. The molecule has 12 amide bonds. The Hall–Kier alpha value is -13.1. The van der Waals surface area contributed by atoms with E-state index in [0.29, 0.717) is 124 Å². The lowest BCUT2D eigenvalue weighted by molar-refractivity contribution is -0.929. The molecule has 12 saturated heterocycles. The van der Waals surface area contributed by atoms with Gasteiger partial charge in [0.2, 0.25) is 16.4 Å². The number of aliphatic carboxylic acids is 1. The second-order valence-electron chi connectivity index (χ2n) is 34.9. The molecular weight excluding hydrogens is 2120 g/mol. The number of carbonyl (C=O) groups excluding carboxylic acids is 6. The number of halogens is 3. The zero-order valence-corrected chi connectivity index (χ0v) is 86.3. The number of piperidine rings is 6. The number of nitrogens with two attached hydrogens (primary N) is 9. The van der Waals surface area contributed by atoms with Gasteiger partial charge < -0.3 is 122 Å². The fraction of sp³-hybridized carbons (Fsp3) is 0.608. The van der Waals surface area contributed by atoms with Gasteiger partial charge in [0, 0.05) is 39.3 Å². The summed E-state index contributed by atoms with van der Waals surface area (Å²) in [7, 11) is -14.5. The highest BCUT2D eigenvalue weighted by Gasteiger charge is 2.55. The molecular formula is C79H122BCl3N34O30S3. The van der Waals surface area contributed by atoms with Gasteiger partial charge in [0.25, 0.3) is 59.2 Å². The zero-order chi connectivity index (χ0) is 110. The molecule has 12 fully saturated rings. The normalized spacial score (nSPS) is 22.4. The van der Waals surface area contributed by atoms with Gasteiger partial charge in [-0.25, -0.2) is 52.9 Å². The Morgan fingerprint density at radius 1 is 0.453 bits per heavy atom. The minimum absolute atomic E-state index is 0.0400. The number of oxime groups is 1. The summed E-state index contributed by atoms with van der Waals surface area (Å²) in [6.07, 6.45) is 19.2.